The van der Waals surface area contributed by atoms with Crippen LogP contribution >= 0.6 is 0 Å². The van der Waals surface area contributed by atoms with Gasteiger partial charge in [0, 0.05) is 87.9 Å². The molecule has 84 heavy (non-hydrogen) atoms. The fraction of sp³-hybridized carbons (Fsp3) is 0.475. The number of aliphatic hydroxyl groups is 1. The number of phenols is 1. The van der Waals surface area contributed by atoms with E-state index in [0.717, 1.165) is 23.1 Å². The van der Waals surface area contributed by atoms with Crippen molar-refractivity contribution in [3.8, 4) is 17.0 Å². The van der Waals surface area contributed by atoms with Crippen LogP contribution in [0.15, 0.2) is 85.1 Å². The van der Waals surface area contributed by atoms with Crippen LogP contribution in [0, 0.1) is 29.4 Å². The monoisotopic (exact) mass is 1170 g/mol. The zero-order chi connectivity index (χ0) is 60.6. The molecule has 0 spiro atoms. The molecule has 3 aliphatic rings. The second-order valence-electron chi connectivity index (χ2n) is 21.6. The Morgan fingerprint density at radius 1 is 0.881 bits per heavy atom. The molecule has 0 aliphatic carbocycles. The summed E-state index contributed by atoms with van der Waals surface area (Å²) < 4.78 is 59.3. The fourth-order valence-corrected chi connectivity index (χ4v) is 10.5. The minimum atomic E-state index is -1.65. The van der Waals surface area contributed by atoms with Crippen LogP contribution in [-0.4, -0.2) is 152 Å². The number of benzene rings is 3. The van der Waals surface area contributed by atoms with Crippen LogP contribution in [0.4, 0.5) is 28.4 Å². The number of ether oxygens (including phenoxy) is 2. The molecule has 22 nitrogen and oxygen atoms in total. The number of alkyl halides is 1. The molecule has 2 fully saturated rings. The van der Waals surface area contributed by atoms with E-state index >= 15 is 8.78 Å². The van der Waals surface area contributed by atoms with Gasteiger partial charge in [-0.15, -0.1) is 0 Å². The molecule has 9 amide bonds. The Morgan fingerprint density at radius 3 is 2.29 bits per heavy atom. The van der Waals surface area contributed by atoms with Gasteiger partial charge in [-0.2, -0.15) is 0 Å². The summed E-state index contributed by atoms with van der Waals surface area (Å²) in [7, 11) is 0. The number of anilines is 1. The molecule has 6 atom stereocenters. The minimum absolute atomic E-state index is 0.0210. The van der Waals surface area contributed by atoms with Gasteiger partial charge in [0.25, 0.3) is 17.7 Å². The predicted octanol–water partition coefficient (Wildman–Crippen LogP) is 5.36. The fourth-order valence-electron chi connectivity index (χ4n) is 10.5. The number of likely N-dealkylation sites (tertiary alicyclic amines) is 1. The van der Waals surface area contributed by atoms with Crippen molar-refractivity contribution in [2.75, 3.05) is 51.3 Å². The van der Waals surface area contributed by atoms with Crippen LogP contribution in [0.3, 0.4) is 0 Å². The number of aromatic hydroxyl groups is 1. The van der Waals surface area contributed by atoms with Gasteiger partial charge in [-0.3, -0.25) is 33.7 Å². The van der Waals surface area contributed by atoms with Crippen molar-refractivity contribution in [2.45, 2.75) is 116 Å². The largest absolute Gasteiger partial charge is 0.508 e. The van der Waals surface area contributed by atoms with E-state index in [0.29, 0.717) is 62.1 Å². The molecule has 4 heterocycles. The number of amides is 9. The molecule has 0 radical (unpaired) electrons. The quantitative estimate of drug-likeness (QED) is 0.0293. The third-order valence-corrected chi connectivity index (χ3v) is 14.9. The van der Waals surface area contributed by atoms with Gasteiger partial charge in [0.1, 0.15) is 54.2 Å². The lowest BCUT2D eigenvalue weighted by atomic mass is 9.88. The number of imide groups is 1. The Hall–Kier alpha value is -8.32. The Kier molecular flexibility index (Phi) is 22.4. The van der Waals surface area contributed by atoms with Crippen molar-refractivity contribution in [1.82, 2.24) is 40.2 Å². The van der Waals surface area contributed by atoms with Crippen LogP contribution in [0.25, 0.3) is 11.3 Å². The Labute approximate surface area is 484 Å². The van der Waals surface area contributed by atoms with Gasteiger partial charge in [0.15, 0.2) is 0 Å². The lowest BCUT2D eigenvalue weighted by Gasteiger charge is -2.40. The number of halogens is 3. The summed E-state index contributed by atoms with van der Waals surface area (Å²) in [5.74, 6) is -6.13. The normalized spacial score (nSPS) is 17.6. The number of carbonyl (C=O) groups excluding carboxylic acids is 8. The Balaban J connectivity index is 0.983. The van der Waals surface area contributed by atoms with E-state index in [4.69, 9.17) is 20.2 Å². The topological polar surface area (TPSA) is 297 Å². The molecule has 4 aromatic rings. The maximum atomic E-state index is 16.3. The number of nitrogens with two attached hydrogens (primary N) is 1. The molecular weight excluding hydrogens is 1100 g/mol. The van der Waals surface area contributed by atoms with Crippen LogP contribution in [0.1, 0.15) is 95.1 Å². The summed E-state index contributed by atoms with van der Waals surface area (Å²) in [4.78, 5) is 112. The summed E-state index contributed by atoms with van der Waals surface area (Å²) in [6.07, 6.45) is 2.57. The molecule has 7 rings (SSSR count). The van der Waals surface area contributed by atoms with Crippen LogP contribution in [-0.2, 0) is 51.4 Å². The number of unbranched alkanes of at least 4 members (excludes halogenated alkanes) is 2. The number of nitrogens with zero attached hydrogens (tertiary/aromatic N) is 5. The predicted molar refractivity (Wildman–Crippen MR) is 300 cm³/mol. The summed E-state index contributed by atoms with van der Waals surface area (Å²) in [6.45, 7) is 4.67. The zero-order valence-electron chi connectivity index (χ0n) is 47.1. The average Bonchev–Trinajstić information content (AvgIpc) is 2.87. The number of phenolic OH excluding ortho intramolecular Hbond substituents is 1. The summed E-state index contributed by atoms with van der Waals surface area (Å²) in [5, 5.41) is 31.9. The van der Waals surface area contributed by atoms with Crippen LogP contribution in [0.2, 0.25) is 0 Å². The third-order valence-electron chi connectivity index (χ3n) is 14.9. The molecule has 3 aromatic carbocycles. The number of rotatable bonds is 27. The number of imidazole rings is 1. The summed E-state index contributed by atoms with van der Waals surface area (Å²) >= 11 is 0. The van der Waals surface area contributed by atoms with Crippen LogP contribution < -0.4 is 27.0 Å². The van der Waals surface area contributed by atoms with E-state index in [1.807, 2.05) is 0 Å². The highest BCUT2D eigenvalue weighted by Gasteiger charge is 2.44. The van der Waals surface area contributed by atoms with E-state index in [-0.39, 0.29) is 112 Å². The zero-order valence-corrected chi connectivity index (χ0v) is 47.1. The van der Waals surface area contributed by atoms with E-state index in [1.165, 1.54) is 47.2 Å². The third kappa shape index (κ3) is 17.4. The number of hydrogen-bond acceptors (Lipinski definition) is 13. The number of primary amides is 1. The van der Waals surface area contributed by atoms with Gasteiger partial charge in [-0.05, 0) is 111 Å². The summed E-state index contributed by atoms with van der Waals surface area (Å²) in [5.41, 5.74) is 6.54. The lowest BCUT2D eigenvalue weighted by Crippen LogP contribution is -2.54. The highest BCUT2D eigenvalue weighted by molar-refractivity contribution is 6.12. The molecule has 2 saturated heterocycles. The van der Waals surface area contributed by atoms with Crippen molar-refractivity contribution in [2.24, 2.45) is 23.5 Å². The molecule has 25 heteroatoms. The van der Waals surface area contributed by atoms with E-state index in [1.54, 1.807) is 54.8 Å². The SMILES string of the molecule is CC(O)C(=O)N(CC1CN(C(=O)OCc2ccc(NC(=O)C(CCCNC(N)=O)NC(=O)C(NC(=O)CCCCCN3C(=O)C=CC3=O)C(C)C)cc2)CC1F)C(c1nc(-c2cc(F)ccc2F)cn1Cc1cccc(O)c1)C1CCOCC1. The van der Waals surface area contributed by atoms with Crippen molar-refractivity contribution < 1.29 is 71.2 Å². The smallest absolute Gasteiger partial charge is 0.410 e. The number of aromatic nitrogens is 2. The van der Waals surface area contributed by atoms with Crippen molar-refractivity contribution >= 4 is 53.3 Å². The standard InChI is InChI=1S/C59H73F3N10O12/c1-35(2)52(68-49(75)12-5-4-6-24-71-50(76)19-20-51(71)77)56(79)67-47(11-8-23-64-58(63)81)55(78)65-42-16-13-37(14-17-42)34-84-59(82)70-30-40(46(62)32-70)31-72(57(80)36(3)73)53(39-21-25-83-26-22-39)54-66-48(44-28-41(60)15-18-45(44)61)33-69(54)29-38-9-7-10-43(74)27-38/h7,9-10,13-20,27-28,33,35-36,39-40,46-47,52-53,73-74H,4-6,8,11-12,21-26,29-32,34H2,1-3H3,(H,65,78)(H,67,79)(H,68,75)(H3,63,64,81). The second kappa shape index (κ2) is 29.8. The van der Waals surface area contributed by atoms with E-state index in [9.17, 15) is 53.0 Å². The first-order valence-corrected chi connectivity index (χ1v) is 28.1. The van der Waals surface area contributed by atoms with Gasteiger partial charge in [0.05, 0.1) is 18.3 Å². The second-order valence-corrected chi connectivity index (χ2v) is 21.6. The molecule has 3 aliphatic heterocycles. The molecule has 0 saturated carbocycles. The molecule has 1 aromatic heterocycles. The van der Waals surface area contributed by atoms with E-state index < -0.39 is 83.7 Å². The number of carbonyl (C=O) groups is 8. The van der Waals surface area contributed by atoms with Crippen LogP contribution in [0.5, 0.6) is 5.75 Å². The summed E-state index contributed by atoms with van der Waals surface area (Å²) in [6, 6.07) is 11.7. The maximum absolute atomic E-state index is 16.3. The van der Waals surface area contributed by atoms with Crippen molar-refractivity contribution in [3.05, 3.63) is 114 Å². The Morgan fingerprint density at radius 2 is 1.61 bits per heavy atom. The van der Waals surface area contributed by atoms with Gasteiger partial charge < -0.3 is 61.1 Å². The van der Waals surface area contributed by atoms with Gasteiger partial charge in [0.2, 0.25) is 17.7 Å². The highest BCUT2D eigenvalue weighted by atomic mass is 19.1. The van der Waals surface area contributed by atoms with Crippen molar-refractivity contribution in [3.63, 3.8) is 0 Å². The Bertz CT molecular complexity index is 3010. The number of aliphatic hydroxyl groups excluding tert-OH is 1. The number of urea groups is 1. The minimum Gasteiger partial charge on any atom is -0.508 e. The first-order valence-electron chi connectivity index (χ1n) is 28.1. The maximum Gasteiger partial charge on any atom is 0.410 e. The first kappa shape index (κ1) is 63.3. The first-order chi connectivity index (χ1) is 40.1. The van der Waals surface area contributed by atoms with Gasteiger partial charge in [-0.1, -0.05) is 44.5 Å². The molecule has 6 unspecified atom stereocenters. The highest BCUT2D eigenvalue weighted by Crippen LogP contribution is 2.39. The number of nitrogens with one attached hydrogen (secondary N) is 4. The van der Waals surface area contributed by atoms with Crippen molar-refractivity contribution in [1.29, 1.82) is 0 Å². The lowest BCUT2D eigenvalue weighted by molar-refractivity contribution is -0.145. The number of hydrogen-bond donors (Lipinski definition) is 7. The molecule has 8 N–H and O–H groups in total. The molecular formula is C59H73F3N10O12. The van der Waals surface area contributed by atoms with E-state index in [2.05, 4.69) is 21.3 Å². The van der Waals surface area contributed by atoms with Gasteiger partial charge >= 0.3 is 12.1 Å². The molecule has 452 valence electrons. The van der Waals surface area contributed by atoms with Gasteiger partial charge in [-0.25, -0.2) is 27.7 Å². The average molecular weight is 1170 g/mol. The molecule has 0 bridgehead atoms.